The molecule has 0 fully saturated rings. The summed E-state index contributed by atoms with van der Waals surface area (Å²) in [6.07, 6.45) is 8.50. The Kier molecular flexibility index (Phi) is 3.51. The number of benzene rings is 2. The zero-order valence-corrected chi connectivity index (χ0v) is 14.8. The van der Waals surface area contributed by atoms with E-state index in [2.05, 4.69) is 87.7 Å². The van der Waals surface area contributed by atoms with Crippen LogP contribution in [-0.2, 0) is 5.41 Å². The molecule has 2 aliphatic carbocycles. The Hall–Kier alpha value is -2.86. The van der Waals surface area contributed by atoms with E-state index in [9.17, 15) is 0 Å². The topological polar surface area (TPSA) is 0 Å². The lowest BCUT2D eigenvalue weighted by Gasteiger charge is -2.31. The molecule has 1 unspecified atom stereocenters. The minimum absolute atomic E-state index is 0.283. The van der Waals surface area contributed by atoms with Crippen LogP contribution in [0.4, 0.5) is 0 Å². The highest BCUT2D eigenvalue weighted by atomic mass is 14.5. The quantitative estimate of drug-likeness (QED) is 0.594. The lowest BCUT2D eigenvalue weighted by atomic mass is 9.69. The van der Waals surface area contributed by atoms with Gasteiger partial charge in [-0.15, -0.1) is 0 Å². The summed E-state index contributed by atoms with van der Waals surface area (Å²) in [6.45, 7) is 12.6. The van der Waals surface area contributed by atoms with E-state index >= 15 is 0 Å². The molecular formula is C25H22. The molecule has 0 radical (unpaired) electrons. The van der Waals surface area contributed by atoms with Crippen molar-refractivity contribution in [3.8, 4) is 0 Å². The Morgan fingerprint density at radius 1 is 0.760 bits per heavy atom. The Labute approximate surface area is 150 Å². The molecule has 0 bridgehead atoms. The van der Waals surface area contributed by atoms with E-state index < -0.39 is 0 Å². The third-order valence-corrected chi connectivity index (χ3v) is 5.62. The molecule has 0 heterocycles. The van der Waals surface area contributed by atoms with Gasteiger partial charge in [0, 0.05) is 0 Å². The summed E-state index contributed by atoms with van der Waals surface area (Å²) in [5.74, 6) is 0. The predicted octanol–water partition coefficient (Wildman–Crippen LogP) is 6.48. The second-order valence-corrected chi connectivity index (χ2v) is 6.48. The van der Waals surface area contributed by atoms with Crippen LogP contribution in [-0.4, -0.2) is 0 Å². The first-order valence-electron chi connectivity index (χ1n) is 8.78. The minimum atomic E-state index is -0.283. The van der Waals surface area contributed by atoms with Crippen LogP contribution in [0.5, 0.6) is 0 Å². The normalized spacial score (nSPS) is 24.1. The molecule has 1 atom stereocenters. The fourth-order valence-electron chi connectivity index (χ4n) is 4.82. The maximum Gasteiger partial charge on any atom is 0.0722 e. The van der Waals surface area contributed by atoms with E-state index in [1.54, 1.807) is 0 Å². The van der Waals surface area contributed by atoms with E-state index in [1.807, 2.05) is 12.2 Å². The summed E-state index contributed by atoms with van der Waals surface area (Å²) in [7, 11) is 0. The van der Waals surface area contributed by atoms with Gasteiger partial charge in [0.05, 0.1) is 5.41 Å². The van der Waals surface area contributed by atoms with Gasteiger partial charge in [0.15, 0.2) is 0 Å². The van der Waals surface area contributed by atoms with E-state index in [4.69, 9.17) is 0 Å². The standard InChI is InChI=1S/C25H22/c1-5-17-19-13-9-11-15-23(19)25(21(17)7-3)22(8-4)18(6-2)20-14-10-12-16-24(20)25/h5-16H,1,3H2,2,4H3/b18-6-,22-8+. The highest BCUT2D eigenvalue weighted by Crippen LogP contribution is 2.62. The molecule has 4 rings (SSSR count). The zero-order chi connectivity index (χ0) is 17.6. The number of fused-ring (bicyclic) bond motifs is 4. The number of hydrogen-bond acceptors (Lipinski definition) is 0. The Morgan fingerprint density at radius 2 is 1.36 bits per heavy atom. The summed E-state index contributed by atoms with van der Waals surface area (Å²) < 4.78 is 0. The Bertz CT molecular complexity index is 994. The summed E-state index contributed by atoms with van der Waals surface area (Å²) in [6, 6.07) is 17.5. The van der Waals surface area contributed by atoms with Gasteiger partial charge >= 0.3 is 0 Å². The van der Waals surface area contributed by atoms with Crippen molar-refractivity contribution in [2.24, 2.45) is 0 Å². The monoisotopic (exact) mass is 322 g/mol. The van der Waals surface area contributed by atoms with Crippen molar-refractivity contribution in [2.45, 2.75) is 19.3 Å². The van der Waals surface area contributed by atoms with Gasteiger partial charge in [0.1, 0.15) is 0 Å². The molecule has 1 spiro atoms. The molecule has 0 aromatic heterocycles. The summed E-state index contributed by atoms with van der Waals surface area (Å²) in [5, 5.41) is 0. The van der Waals surface area contributed by atoms with Gasteiger partial charge in [0.2, 0.25) is 0 Å². The van der Waals surface area contributed by atoms with Crippen LogP contribution in [0.15, 0.2) is 97.1 Å². The molecule has 0 saturated heterocycles. The number of rotatable bonds is 2. The first kappa shape index (κ1) is 15.7. The van der Waals surface area contributed by atoms with Gasteiger partial charge in [0.25, 0.3) is 0 Å². The molecule has 0 heteroatoms. The predicted molar refractivity (Wildman–Crippen MR) is 108 cm³/mol. The molecule has 2 aliphatic rings. The molecule has 0 saturated carbocycles. The summed E-state index contributed by atoms with van der Waals surface area (Å²) >= 11 is 0. The van der Waals surface area contributed by atoms with Crippen LogP contribution in [0.2, 0.25) is 0 Å². The van der Waals surface area contributed by atoms with Gasteiger partial charge < -0.3 is 0 Å². The summed E-state index contributed by atoms with van der Waals surface area (Å²) in [5.41, 5.74) is 10.1. The van der Waals surface area contributed by atoms with Gasteiger partial charge in [-0.3, -0.25) is 0 Å². The van der Waals surface area contributed by atoms with Crippen LogP contribution < -0.4 is 0 Å². The fourth-order valence-corrected chi connectivity index (χ4v) is 4.82. The molecule has 0 N–H and O–H groups in total. The molecule has 0 aliphatic heterocycles. The Balaban J connectivity index is 2.25. The van der Waals surface area contributed by atoms with Crippen molar-refractivity contribution in [1.82, 2.24) is 0 Å². The van der Waals surface area contributed by atoms with E-state index in [-0.39, 0.29) is 5.41 Å². The fraction of sp³-hybridized carbons (Fsp3) is 0.120. The maximum atomic E-state index is 4.18. The van der Waals surface area contributed by atoms with Crippen molar-refractivity contribution >= 4 is 11.1 Å². The smallest absolute Gasteiger partial charge is 0.0722 e. The molecule has 25 heavy (non-hydrogen) atoms. The molecule has 122 valence electrons. The number of allylic oxidation sites excluding steroid dienone is 8. The average molecular weight is 322 g/mol. The van der Waals surface area contributed by atoms with Crippen LogP contribution in [0, 0.1) is 0 Å². The number of hydrogen-bond donors (Lipinski definition) is 0. The first-order valence-corrected chi connectivity index (χ1v) is 8.78. The average Bonchev–Trinajstić information content (AvgIpc) is 3.12. The first-order chi connectivity index (χ1) is 12.2. The van der Waals surface area contributed by atoms with Gasteiger partial charge in [-0.25, -0.2) is 0 Å². The van der Waals surface area contributed by atoms with Crippen LogP contribution in [0.1, 0.15) is 36.1 Å². The second kappa shape index (κ2) is 5.60. The van der Waals surface area contributed by atoms with Crippen molar-refractivity contribution in [1.29, 1.82) is 0 Å². The van der Waals surface area contributed by atoms with E-state index in [0.717, 1.165) is 0 Å². The SMILES string of the molecule is C=CC1=C(C=C)C2(C(=C/C)/C(=C\C)c3ccccc32)c2ccccc21. The third-order valence-electron chi connectivity index (χ3n) is 5.62. The largest absolute Gasteiger partial charge is 0.0987 e. The van der Waals surface area contributed by atoms with Gasteiger partial charge in [-0.05, 0) is 58.4 Å². The van der Waals surface area contributed by atoms with Crippen molar-refractivity contribution < 1.29 is 0 Å². The zero-order valence-electron chi connectivity index (χ0n) is 14.8. The lowest BCUT2D eigenvalue weighted by molar-refractivity contribution is 0.785. The van der Waals surface area contributed by atoms with Crippen LogP contribution >= 0.6 is 0 Å². The third kappa shape index (κ3) is 1.72. The molecule has 2 aromatic rings. The van der Waals surface area contributed by atoms with E-state index in [0.29, 0.717) is 0 Å². The Morgan fingerprint density at radius 3 is 1.92 bits per heavy atom. The highest BCUT2D eigenvalue weighted by Gasteiger charge is 2.52. The highest BCUT2D eigenvalue weighted by molar-refractivity contribution is 6.01. The summed E-state index contributed by atoms with van der Waals surface area (Å²) in [4.78, 5) is 0. The molecule has 2 aromatic carbocycles. The maximum absolute atomic E-state index is 4.18. The molecule has 0 nitrogen and oxygen atoms in total. The van der Waals surface area contributed by atoms with Crippen molar-refractivity contribution in [3.05, 3.63) is 119 Å². The van der Waals surface area contributed by atoms with Crippen molar-refractivity contribution in [3.63, 3.8) is 0 Å². The van der Waals surface area contributed by atoms with Crippen LogP contribution in [0.25, 0.3) is 11.1 Å². The van der Waals surface area contributed by atoms with Crippen molar-refractivity contribution in [2.75, 3.05) is 0 Å². The second-order valence-electron chi connectivity index (χ2n) is 6.48. The molecular weight excluding hydrogens is 300 g/mol. The van der Waals surface area contributed by atoms with Gasteiger partial charge in [-0.2, -0.15) is 0 Å². The van der Waals surface area contributed by atoms with E-state index in [1.165, 1.54) is 44.5 Å². The van der Waals surface area contributed by atoms with Crippen LogP contribution in [0.3, 0.4) is 0 Å². The molecule has 0 amide bonds. The lowest BCUT2D eigenvalue weighted by Crippen LogP contribution is -2.26. The minimum Gasteiger partial charge on any atom is -0.0987 e. The van der Waals surface area contributed by atoms with Gasteiger partial charge in [-0.1, -0.05) is 86.0 Å².